The molecule has 0 fully saturated rings. The molecule has 2 N–H and O–H groups in total. The van der Waals surface area contributed by atoms with E-state index < -0.39 is 11.4 Å². The van der Waals surface area contributed by atoms with Crippen molar-refractivity contribution in [2.75, 3.05) is 5.32 Å². The van der Waals surface area contributed by atoms with Gasteiger partial charge in [0.25, 0.3) is 0 Å². The number of aliphatic hydroxyl groups is 1. The van der Waals surface area contributed by atoms with Crippen LogP contribution < -0.4 is 5.32 Å². The molecule has 0 aliphatic heterocycles. The zero-order valence-corrected chi connectivity index (χ0v) is 18.9. The molecule has 0 unspecified atom stereocenters. The van der Waals surface area contributed by atoms with Gasteiger partial charge in [-0.1, -0.05) is 23.7 Å². The molecule has 0 aliphatic carbocycles. The van der Waals surface area contributed by atoms with Gasteiger partial charge < -0.3 is 10.4 Å². The van der Waals surface area contributed by atoms with E-state index in [2.05, 4.69) is 31.3 Å². The summed E-state index contributed by atoms with van der Waals surface area (Å²) in [5.41, 5.74) is 1.80. The number of nitrogens with zero attached hydrogens (tertiary/aromatic N) is 5. The van der Waals surface area contributed by atoms with Crippen LogP contribution in [0.1, 0.15) is 43.8 Å². The molecular formula is C24H20ClFN6O. The lowest BCUT2D eigenvalue weighted by Crippen LogP contribution is -2.19. The fraction of sp³-hybridized carbons (Fsp3) is 0.208. The molecular weight excluding hydrogens is 443 g/mol. The van der Waals surface area contributed by atoms with E-state index in [1.165, 1.54) is 24.7 Å². The molecule has 166 valence electrons. The number of anilines is 1. The van der Waals surface area contributed by atoms with Gasteiger partial charge >= 0.3 is 0 Å². The van der Waals surface area contributed by atoms with Crippen LogP contribution >= 0.6 is 11.6 Å². The molecule has 0 radical (unpaired) electrons. The van der Waals surface area contributed by atoms with Crippen molar-refractivity contribution in [3.63, 3.8) is 0 Å². The van der Waals surface area contributed by atoms with Gasteiger partial charge in [-0.15, -0.1) is 0 Å². The Morgan fingerprint density at radius 2 is 1.88 bits per heavy atom. The van der Waals surface area contributed by atoms with E-state index in [1.54, 1.807) is 32.0 Å². The summed E-state index contributed by atoms with van der Waals surface area (Å²) in [6.07, 6.45) is 4.27. The summed E-state index contributed by atoms with van der Waals surface area (Å²) in [4.78, 5) is 17.0. The second kappa shape index (κ2) is 8.70. The van der Waals surface area contributed by atoms with Gasteiger partial charge in [-0.2, -0.15) is 5.26 Å². The molecule has 0 amide bonds. The Morgan fingerprint density at radius 3 is 2.55 bits per heavy atom. The van der Waals surface area contributed by atoms with Crippen LogP contribution in [0.2, 0.25) is 5.02 Å². The van der Waals surface area contributed by atoms with Crippen LogP contribution in [-0.2, 0) is 5.60 Å². The lowest BCUT2D eigenvalue weighted by molar-refractivity contribution is 0.0687. The molecule has 3 aromatic heterocycles. The quantitative estimate of drug-likeness (QED) is 0.422. The number of pyridine rings is 2. The van der Waals surface area contributed by atoms with Crippen LogP contribution in [0.25, 0.3) is 22.3 Å². The molecule has 33 heavy (non-hydrogen) atoms. The number of aromatic nitrogens is 4. The van der Waals surface area contributed by atoms with Crippen molar-refractivity contribution in [3.8, 4) is 17.3 Å². The first kappa shape index (κ1) is 22.5. The lowest BCUT2D eigenvalue weighted by Gasteiger charge is -2.19. The van der Waals surface area contributed by atoms with Crippen molar-refractivity contribution in [1.29, 1.82) is 5.26 Å². The average Bonchev–Trinajstić information content (AvgIpc) is 2.80. The van der Waals surface area contributed by atoms with Crippen LogP contribution in [0.4, 0.5) is 10.1 Å². The molecule has 4 rings (SSSR count). The third-order valence-electron chi connectivity index (χ3n) is 5.10. The molecule has 0 bridgehead atoms. The highest BCUT2D eigenvalue weighted by Crippen LogP contribution is 2.34. The smallest absolute Gasteiger partial charge is 0.159 e. The summed E-state index contributed by atoms with van der Waals surface area (Å²) in [6.45, 7) is 5.05. The minimum atomic E-state index is -1.22. The highest BCUT2D eigenvalue weighted by atomic mass is 35.5. The summed E-state index contributed by atoms with van der Waals surface area (Å²) in [5, 5.41) is 22.9. The Morgan fingerprint density at radius 1 is 1.15 bits per heavy atom. The summed E-state index contributed by atoms with van der Waals surface area (Å²) in [6, 6.07) is 10.4. The molecule has 3 heterocycles. The van der Waals surface area contributed by atoms with Gasteiger partial charge in [-0.25, -0.2) is 19.3 Å². The van der Waals surface area contributed by atoms with Gasteiger partial charge in [0.15, 0.2) is 11.6 Å². The van der Waals surface area contributed by atoms with Crippen LogP contribution in [0.5, 0.6) is 0 Å². The van der Waals surface area contributed by atoms with Crippen molar-refractivity contribution in [3.05, 3.63) is 76.7 Å². The molecule has 1 aromatic carbocycles. The first-order valence-corrected chi connectivity index (χ1v) is 10.5. The van der Waals surface area contributed by atoms with E-state index in [4.69, 9.17) is 11.6 Å². The molecule has 0 saturated carbocycles. The van der Waals surface area contributed by atoms with Crippen LogP contribution in [-0.4, -0.2) is 25.0 Å². The summed E-state index contributed by atoms with van der Waals surface area (Å²) >= 11 is 6.44. The van der Waals surface area contributed by atoms with Crippen molar-refractivity contribution < 1.29 is 9.50 Å². The van der Waals surface area contributed by atoms with Gasteiger partial charge in [-0.05, 0) is 38.5 Å². The van der Waals surface area contributed by atoms with Gasteiger partial charge in [0, 0.05) is 36.3 Å². The second-order valence-corrected chi connectivity index (χ2v) is 8.53. The zero-order valence-electron chi connectivity index (χ0n) is 18.1. The Hall–Kier alpha value is -3.67. The highest BCUT2D eigenvalue weighted by molar-refractivity contribution is 6.34. The van der Waals surface area contributed by atoms with Crippen LogP contribution in [0, 0.1) is 17.1 Å². The third kappa shape index (κ3) is 4.60. The number of fused-ring (bicyclic) bond motifs is 1. The number of benzene rings is 1. The number of nitrogens with one attached hydrogen (secondary N) is 1. The number of hydrogen-bond donors (Lipinski definition) is 2. The van der Waals surface area contributed by atoms with E-state index in [9.17, 15) is 14.8 Å². The van der Waals surface area contributed by atoms with E-state index in [0.29, 0.717) is 32.9 Å². The predicted molar refractivity (Wildman–Crippen MR) is 124 cm³/mol. The molecule has 1 atom stereocenters. The van der Waals surface area contributed by atoms with Crippen molar-refractivity contribution in [2.24, 2.45) is 0 Å². The van der Waals surface area contributed by atoms with E-state index in [1.807, 2.05) is 13.0 Å². The maximum Gasteiger partial charge on any atom is 0.159 e. The van der Waals surface area contributed by atoms with E-state index in [0.717, 1.165) is 5.56 Å². The first-order chi connectivity index (χ1) is 15.7. The predicted octanol–water partition coefficient (Wildman–Crippen LogP) is 5.15. The van der Waals surface area contributed by atoms with E-state index in [-0.39, 0.29) is 17.6 Å². The van der Waals surface area contributed by atoms with Gasteiger partial charge in [0.2, 0.25) is 0 Å². The van der Waals surface area contributed by atoms with Crippen molar-refractivity contribution >= 4 is 28.3 Å². The van der Waals surface area contributed by atoms with Crippen LogP contribution in [0.15, 0.2) is 48.9 Å². The summed E-state index contributed by atoms with van der Waals surface area (Å²) in [5.74, 6) is -0.370. The summed E-state index contributed by atoms with van der Waals surface area (Å²) in [7, 11) is 0. The topological polar surface area (TPSA) is 108 Å². The number of halogens is 2. The highest BCUT2D eigenvalue weighted by Gasteiger charge is 2.21. The standard InChI is InChI=1S/C24H20ClFN6O/c1-13(15-6-4-5-14(7-15)9-27)31-21-17(25)12-28-19-8-18(26)20(32-22(19)21)16-10-29-23(30-11-16)24(2,3)33/h4-8,10-13,33H,1-3H3,(H,28,31)/t13-/m1/s1. The Bertz CT molecular complexity index is 1380. The SMILES string of the molecule is C[C@@H](Nc1c(Cl)cnc2cc(F)c(-c3cnc(C(C)(C)O)nc3)nc12)c1cccc(C#N)c1. The normalized spacial score (nSPS) is 12.4. The largest absolute Gasteiger partial charge is 0.382 e. The maximum absolute atomic E-state index is 14.9. The molecule has 9 heteroatoms. The van der Waals surface area contributed by atoms with Gasteiger partial charge in [0.1, 0.15) is 16.8 Å². The second-order valence-electron chi connectivity index (χ2n) is 8.13. The molecule has 0 saturated heterocycles. The number of rotatable bonds is 5. The fourth-order valence-corrected chi connectivity index (χ4v) is 3.54. The Labute approximate surface area is 195 Å². The van der Waals surface area contributed by atoms with Crippen molar-refractivity contribution in [1.82, 2.24) is 19.9 Å². The average molecular weight is 463 g/mol. The first-order valence-electron chi connectivity index (χ1n) is 10.1. The number of nitriles is 1. The van der Waals surface area contributed by atoms with Crippen molar-refractivity contribution in [2.45, 2.75) is 32.4 Å². The Balaban J connectivity index is 1.78. The summed E-state index contributed by atoms with van der Waals surface area (Å²) < 4.78 is 14.9. The molecule has 7 nitrogen and oxygen atoms in total. The molecule has 0 spiro atoms. The zero-order chi connectivity index (χ0) is 23.8. The minimum Gasteiger partial charge on any atom is -0.382 e. The monoisotopic (exact) mass is 462 g/mol. The lowest BCUT2D eigenvalue weighted by atomic mass is 10.1. The van der Waals surface area contributed by atoms with Gasteiger partial charge in [-0.3, -0.25) is 4.98 Å². The number of hydrogen-bond acceptors (Lipinski definition) is 7. The fourth-order valence-electron chi connectivity index (χ4n) is 3.35. The molecule has 4 aromatic rings. The molecule has 0 aliphatic rings. The Kier molecular flexibility index (Phi) is 5.93. The van der Waals surface area contributed by atoms with Gasteiger partial charge in [0.05, 0.1) is 27.9 Å². The maximum atomic E-state index is 14.9. The van der Waals surface area contributed by atoms with E-state index >= 15 is 0 Å². The van der Waals surface area contributed by atoms with Crippen LogP contribution in [0.3, 0.4) is 0 Å². The third-order valence-corrected chi connectivity index (χ3v) is 5.38. The minimum absolute atomic E-state index is 0.0380.